The van der Waals surface area contributed by atoms with Gasteiger partial charge in [0.25, 0.3) is 0 Å². The van der Waals surface area contributed by atoms with Gasteiger partial charge >= 0.3 is 12.1 Å². The lowest BCUT2D eigenvalue weighted by Crippen LogP contribution is -2.48. The number of carbonyl (C=O) groups excluding carboxylic acids is 2. The van der Waals surface area contributed by atoms with Gasteiger partial charge in [-0.05, 0) is 88.9 Å². The van der Waals surface area contributed by atoms with E-state index in [9.17, 15) is 37.1 Å². The highest BCUT2D eigenvalue weighted by molar-refractivity contribution is 5.90. The summed E-state index contributed by atoms with van der Waals surface area (Å²) in [7, 11) is 0. The fourth-order valence-electron chi connectivity index (χ4n) is 7.09. The van der Waals surface area contributed by atoms with E-state index in [0.717, 1.165) is 54.5 Å². The van der Waals surface area contributed by atoms with Gasteiger partial charge in [0.2, 0.25) is 11.8 Å². The molecule has 4 aromatic rings. The molecule has 2 atom stereocenters. The predicted molar refractivity (Wildman–Crippen MR) is 182 cm³/mol. The van der Waals surface area contributed by atoms with E-state index in [-0.39, 0.29) is 42.7 Å². The summed E-state index contributed by atoms with van der Waals surface area (Å²) in [6, 6.07) is 22.0. The third kappa shape index (κ3) is 8.76. The number of halogens is 4. The summed E-state index contributed by atoms with van der Waals surface area (Å²) in [6.07, 6.45) is -0.448. The molecule has 0 aromatic heterocycles. The molecule has 1 aliphatic carbocycles. The van der Waals surface area contributed by atoms with Crippen molar-refractivity contribution in [3.05, 3.63) is 125 Å². The first-order valence-electron chi connectivity index (χ1n) is 17.0. The summed E-state index contributed by atoms with van der Waals surface area (Å²) in [5.41, 5.74) is 2.57. The molecule has 0 bridgehead atoms. The Morgan fingerprint density at radius 2 is 1.61 bits per heavy atom. The quantitative estimate of drug-likeness (QED) is 0.153. The van der Waals surface area contributed by atoms with Crippen molar-refractivity contribution in [1.29, 1.82) is 0 Å². The van der Waals surface area contributed by atoms with Crippen molar-refractivity contribution in [2.24, 2.45) is 5.92 Å². The highest BCUT2D eigenvalue weighted by Crippen LogP contribution is 2.37. The monoisotopic (exact) mass is 702 g/mol. The van der Waals surface area contributed by atoms with Crippen molar-refractivity contribution in [1.82, 2.24) is 10.2 Å². The van der Waals surface area contributed by atoms with E-state index in [2.05, 4.69) is 5.32 Å². The summed E-state index contributed by atoms with van der Waals surface area (Å²) in [5.74, 6) is -2.48. The number of aliphatic carboxylic acids is 1. The Labute approximate surface area is 293 Å². The number of fused-ring (bicyclic) bond motifs is 1. The normalized spacial score (nSPS) is 16.7. The second-order valence-electron chi connectivity index (χ2n) is 13.2. The van der Waals surface area contributed by atoms with Crippen molar-refractivity contribution >= 4 is 17.8 Å². The van der Waals surface area contributed by atoms with Gasteiger partial charge in [0, 0.05) is 13.0 Å². The number of ether oxygens (including phenoxy) is 1. The SMILES string of the molecule is O=C(O)CC(NC(=O)C1c2cc(OCc3cc(F)cc(C(F)(F)F)c3)ccc2CCN1C(=O)CC1CCCC1)c1ccc(-c2ccccc2)cc1. The molecule has 0 spiro atoms. The van der Waals surface area contributed by atoms with Gasteiger partial charge in [-0.1, -0.05) is 73.5 Å². The molecule has 1 saturated carbocycles. The number of amides is 2. The average molecular weight is 703 g/mol. The van der Waals surface area contributed by atoms with Crippen molar-refractivity contribution in [3.8, 4) is 16.9 Å². The molecule has 1 aliphatic heterocycles. The molecule has 1 fully saturated rings. The van der Waals surface area contributed by atoms with Gasteiger partial charge in [0.15, 0.2) is 0 Å². The molecule has 266 valence electrons. The number of nitrogens with zero attached hydrogens (tertiary/aromatic N) is 1. The van der Waals surface area contributed by atoms with E-state index in [0.29, 0.717) is 23.6 Å². The topological polar surface area (TPSA) is 95.9 Å². The average Bonchev–Trinajstić information content (AvgIpc) is 3.62. The Hall–Kier alpha value is -5.19. The largest absolute Gasteiger partial charge is 0.489 e. The van der Waals surface area contributed by atoms with Crippen LogP contribution in [0.4, 0.5) is 17.6 Å². The molecule has 7 nitrogen and oxygen atoms in total. The first-order chi connectivity index (χ1) is 24.4. The van der Waals surface area contributed by atoms with Crippen molar-refractivity contribution < 1.29 is 41.8 Å². The zero-order valence-electron chi connectivity index (χ0n) is 27.8. The second-order valence-corrected chi connectivity index (χ2v) is 13.2. The summed E-state index contributed by atoms with van der Waals surface area (Å²) >= 11 is 0. The molecule has 0 radical (unpaired) electrons. The van der Waals surface area contributed by atoms with Crippen LogP contribution in [0.5, 0.6) is 5.75 Å². The molecule has 2 N–H and O–H groups in total. The summed E-state index contributed by atoms with van der Waals surface area (Å²) in [5, 5.41) is 12.7. The molecule has 0 saturated heterocycles. The molecule has 11 heteroatoms. The van der Waals surface area contributed by atoms with Crippen molar-refractivity contribution in [3.63, 3.8) is 0 Å². The summed E-state index contributed by atoms with van der Waals surface area (Å²) in [4.78, 5) is 41.7. The van der Waals surface area contributed by atoms with E-state index in [1.807, 2.05) is 42.5 Å². The fraction of sp³-hybridized carbons (Fsp3) is 0.325. The fourth-order valence-corrected chi connectivity index (χ4v) is 7.09. The maximum Gasteiger partial charge on any atom is 0.416 e. The first-order valence-corrected chi connectivity index (χ1v) is 17.0. The van der Waals surface area contributed by atoms with Gasteiger partial charge in [-0.3, -0.25) is 14.4 Å². The van der Waals surface area contributed by atoms with Crippen LogP contribution >= 0.6 is 0 Å². The van der Waals surface area contributed by atoms with E-state index in [1.165, 1.54) is 4.90 Å². The lowest BCUT2D eigenvalue weighted by molar-refractivity contribution is -0.143. The van der Waals surface area contributed by atoms with Gasteiger partial charge in [0.1, 0.15) is 24.2 Å². The number of rotatable bonds is 11. The van der Waals surface area contributed by atoms with Crippen LogP contribution < -0.4 is 10.1 Å². The van der Waals surface area contributed by atoms with Crippen LogP contribution in [-0.4, -0.2) is 34.3 Å². The van der Waals surface area contributed by atoms with Crippen LogP contribution in [0.15, 0.2) is 91.0 Å². The Morgan fingerprint density at radius 3 is 2.29 bits per heavy atom. The predicted octanol–water partition coefficient (Wildman–Crippen LogP) is 8.43. The molecule has 1 heterocycles. The minimum absolute atomic E-state index is 0.0301. The number of carbonyl (C=O) groups is 3. The number of benzene rings is 4. The number of carboxylic acids is 1. The standard InChI is InChI=1S/C40H38F4N2O5/c41-32-19-26(18-31(21-32)40(42,43)44)24-51-33-15-14-29-16-17-46(36(47)20-25-6-4-5-7-25)38(34(29)22-33)39(50)45-35(23-37(48)49)30-12-10-28(11-13-30)27-8-2-1-3-9-27/h1-3,8-15,18-19,21-22,25,35,38H,4-7,16-17,20,23-24H2,(H,45,50)(H,48,49). The first kappa shape index (κ1) is 35.6. The summed E-state index contributed by atoms with van der Waals surface area (Å²) in [6.45, 7) is -0.101. The summed E-state index contributed by atoms with van der Waals surface area (Å²) < 4.78 is 59.7. The number of hydrogen-bond donors (Lipinski definition) is 2. The molecular formula is C40H38F4N2O5. The van der Waals surface area contributed by atoms with Gasteiger partial charge in [-0.15, -0.1) is 0 Å². The van der Waals surface area contributed by atoms with E-state index in [4.69, 9.17) is 4.74 Å². The zero-order valence-corrected chi connectivity index (χ0v) is 27.8. The van der Waals surface area contributed by atoms with Crippen molar-refractivity contribution in [2.45, 2.75) is 69.8 Å². The lowest BCUT2D eigenvalue weighted by atomic mass is 9.90. The Bertz CT molecular complexity index is 1870. The molecule has 51 heavy (non-hydrogen) atoms. The minimum Gasteiger partial charge on any atom is -0.489 e. The highest BCUT2D eigenvalue weighted by Gasteiger charge is 2.38. The van der Waals surface area contributed by atoms with Gasteiger partial charge < -0.3 is 20.1 Å². The highest BCUT2D eigenvalue weighted by atomic mass is 19.4. The van der Waals surface area contributed by atoms with Crippen LogP contribution in [0.25, 0.3) is 11.1 Å². The molecule has 2 aliphatic rings. The van der Waals surface area contributed by atoms with Crippen molar-refractivity contribution in [2.75, 3.05) is 6.54 Å². The van der Waals surface area contributed by atoms with Gasteiger partial charge in [0.05, 0.1) is 18.0 Å². The van der Waals surface area contributed by atoms with Crippen LogP contribution in [0.1, 0.15) is 78.4 Å². The lowest BCUT2D eigenvalue weighted by Gasteiger charge is -2.38. The molecule has 6 rings (SSSR count). The van der Waals surface area contributed by atoms with Crippen LogP contribution in [0, 0.1) is 11.7 Å². The smallest absolute Gasteiger partial charge is 0.416 e. The third-order valence-electron chi connectivity index (χ3n) is 9.66. The van der Waals surface area contributed by atoms with Gasteiger partial charge in [-0.25, -0.2) is 4.39 Å². The minimum atomic E-state index is -4.74. The Morgan fingerprint density at radius 1 is 0.902 bits per heavy atom. The van der Waals surface area contributed by atoms with Crippen LogP contribution in [0.2, 0.25) is 0 Å². The Balaban J connectivity index is 1.29. The number of hydrogen-bond acceptors (Lipinski definition) is 4. The second kappa shape index (κ2) is 15.4. The van der Waals surface area contributed by atoms with Crippen LogP contribution in [0.3, 0.4) is 0 Å². The third-order valence-corrected chi connectivity index (χ3v) is 9.66. The van der Waals surface area contributed by atoms with E-state index < -0.39 is 47.9 Å². The van der Waals surface area contributed by atoms with E-state index >= 15 is 0 Å². The molecule has 2 amide bonds. The zero-order chi connectivity index (χ0) is 36.1. The van der Waals surface area contributed by atoms with Crippen LogP contribution in [-0.2, 0) is 33.6 Å². The maximum absolute atomic E-state index is 14.3. The molecule has 4 aromatic carbocycles. The van der Waals surface area contributed by atoms with E-state index in [1.54, 1.807) is 30.3 Å². The number of nitrogens with one attached hydrogen (secondary N) is 1. The molecular weight excluding hydrogens is 664 g/mol. The Kier molecular flexibility index (Phi) is 10.7. The molecule has 2 unspecified atom stereocenters. The van der Waals surface area contributed by atoms with Gasteiger partial charge in [-0.2, -0.15) is 13.2 Å². The number of alkyl halides is 3. The maximum atomic E-state index is 14.3. The number of carboxylic acid groups (broad SMARTS) is 1.